The minimum atomic E-state index is -4.54. The van der Waals surface area contributed by atoms with E-state index in [4.69, 9.17) is 0 Å². The van der Waals surface area contributed by atoms with Crippen LogP contribution in [0.4, 0.5) is 26.3 Å². The third kappa shape index (κ3) is 4.25. The molecule has 0 unspecified atom stereocenters. The third-order valence-corrected chi connectivity index (χ3v) is 1.01. The Morgan fingerprint density at radius 3 is 2.08 bits per heavy atom. The Labute approximate surface area is 73.9 Å². The molecule has 0 aliphatic carbocycles. The van der Waals surface area contributed by atoms with Crippen LogP contribution >= 0.6 is 11.6 Å². The molecule has 0 N–H and O–H groups in total. The van der Waals surface area contributed by atoms with Crippen LogP contribution in [0.15, 0.2) is 11.3 Å². The monoisotopic (exact) mass is 228 g/mol. The summed E-state index contributed by atoms with van der Waals surface area (Å²) in [5, 5.41) is -2.01. The van der Waals surface area contributed by atoms with E-state index in [1.165, 1.54) is 0 Å². The summed E-state index contributed by atoms with van der Waals surface area (Å²) in [5.41, 5.74) is 0. The first-order chi connectivity index (χ1) is 5.77. The smallest absolute Gasteiger partial charge is 0.340 e. The number of rotatable bonds is 4. The molecule has 0 aliphatic heterocycles. The van der Waals surface area contributed by atoms with Crippen molar-refractivity contribution >= 4 is 11.6 Å². The van der Waals surface area contributed by atoms with E-state index < -0.39 is 30.3 Å². The molecule has 1 nitrogen and oxygen atoms in total. The minimum Gasteiger partial charge on any atom is -0.461 e. The summed E-state index contributed by atoms with van der Waals surface area (Å²) in [5.74, 6) is -4.54. The molecule has 0 aliphatic rings. The molecule has 0 spiro atoms. The van der Waals surface area contributed by atoms with Crippen LogP contribution in [0.2, 0.25) is 0 Å². The summed E-state index contributed by atoms with van der Waals surface area (Å²) in [6.45, 7) is -1.98. The van der Waals surface area contributed by atoms with Gasteiger partial charge >= 0.3 is 18.4 Å². The number of halogens is 7. The molecule has 0 saturated carbocycles. The average molecular weight is 229 g/mol. The molecule has 0 amide bonds. The van der Waals surface area contributed by atoms with Gasteiger partial charge < -0.3 is 4.74 Å². The maximum Gasteiger partial charge on any atom is 0.340 e. The molecule has 13 heavy (non-hydrogen) atoms. The second-order valence-electron chi connectivity index (χ2n) is 1.88. The number of ether oxygens (including phenoxy) is 1. The zero-order valence-corrected chi connectivity index (χ0v) is 6.59. The Balaban J connectivity index is 4.11. The van der Waals surface area contributed by atoms with Crippen molar-refractivity contribution in [3.05, 3.63) is 11.3 Å². The van der Waals surface area contributed by atoms with Crippen molar-refractivity contribution in [2.75, 3.05) is 6.61 Å². The quantitative estimate of drug-likeness (QED) is 0.530. The molecular weight excluding hydrogens is 225 g/mol. The maximum atomic E-state index is 11.9. The standard InChI is InChI=1S/C5H3ClF6O/c6-2(7)3(8)13-1-5(11,12)4(9)10/h4H,1H2. The number of alkyl halides is 4. The summed E-state index contributed by atoms with van der Waals surface area (Å²) in [7, 11) is 0. The van der Waals surface area contributed by atoms with Gasteiger partial charge in [0.1, 0.15) is 0 Å². The van der Waals surface area contributed by atoms with Gasteiger partial charge in [0.15, 0.2) is 6.61 Å². The van der Waals surface area contributed by atoms with Gasteiger partial charge in [-0.25, -0.2) is 8.78 Å². The Kier molecular flexibility index (Phi) is 4.38. The predicted molar refractivity (Wildman–Crippen MR) is 32.0 cm³/mol. The highest BCUT2D eigenvalue weighted by atomic mass is 35.5. The van der Waals surface area contributed by atoms with Crippen LogP contribution in [0.5, 0.6) is 0 Å². The lowest BCUT2D eigenvalue weighted by molar-refractivity contribution is -0.162. The highest BCUT2D eigenvalue weighted by Crippen LogP contribution is 2.25. The Morgan fingerprint density at radius 1 is 1.31 bits per heavy atom. The zero-order valence-electron chi connectivity index (χ0n) is 5.84. The van der Waals surface area contributed by atoms with Gasteiger partial charge in [0.25, 0.3) is 5.29 Å². The van der Waals surface area contributed by atoms with Gasteiger partial charge in [-0.05, 0) is 11.6 Å². The van der Waals surface area contributed by atoms with E-state index >= 15 is 0 Å². The Morgan fingerprint density at radius 2 is 1.77 bits per heavy atom. The summed E-state index contributed by atoms with van der Waals surface area (Å²) >= 11 is 4.32. The first-order valence-corrected chi connectivity index (χ1v) is 3.14. The van der Waals surface area contributed by atoms with Crippen LogP contribution in [-0.4, -0.2) is 19.0 Å². The van der Waals surface area contributed by atoms with E-state index in [0.717, 1.165) is 0 Å². The molecule has 0 atom stereocenters. The Bertz CT molecular complexity index is 199. The van der Waals surface area contributed by atoms with Crippen molar-refractivity contribution in [1.82, 2.24) is 0 Å². The molecule has 0 heterocycles. The molecular formula is C5H3ClF6O. The van der Waals surface area contributed by atoms with Gasteiger partial charge in [-0.15, -0.1) is 0 Å². The van der Waals surface area contributed by atoms with Crippen molar-refractivity contribution in [3.8, 4) is 0 Å². The molecule has 0 aromatic rings. The van der Waals surface area contributed by atoms with E-state index in [1.54, 1.807) is 0 Å². The maximum absolute atomic E-state index is 11.9. The van der Waals surface area contributed by atoms with Crippen molar-refractivity contribution in [1.29, 1.82) is 0 Å². The minimum absolute atomic E-state index is 1.98. The van der Waals surface area contributed by atoms with Crippen LogP contribution < -0.4 is 0 Å². The fourth-order valence-corrected chi connectivity index (χ4v) is 0.332. The third-order valence-electron chi connectivity index (χ3n) is 0.859. The molecule has 0 bridgehead atoms. The van der Waals surface area contributed by atoms with Gasteiger partial charge in [0, 0.05) is 0 Å². The van der Waals surface area contributed by atoms with Gasteiger partial charge in [0.2, 0.25) is 0 Å². The normalized spacial score (nSPS) is 14.5. The molecule has 0 rings (SSSR count). The average Bonchev–Trinajstić information content (AvgIpc) is 1.99. The molecule has 8 heteroatoms. The van der Waals surface area contributed by atoms with E-state index in [2.05, 4.69) is 16.3 Å². The highest BCUT2D eigenvalue weighted by Gasteiger charge is 2.42. The van der Waals surface area contributed by atoms with Crippen molar-refractivity contribution in [2.24, 2.45) is 0 Å². The second kappa shape index (κ2) is 4.59. The number of hydrogen-bond acceptors (Lipinski definition) is 1. The van der Waals surface area contributed by atoms with Crippen LogP contribution in [-0.2, 0) is 4.74 Å². The lowest BCUT2D eigenvalue weighted by Gasteiger charge is -2.14. The molecule has 0 saturated heterocycles. The lowest BCUT2D eigenvalue weighted by Crippen LogP contribution is -2.32. The van der Waals surface area contributed by atoms with E-state index in [1.807, 2.05) is 0 Å². The lowest BCUT2D eigenvalue weighted by atomic mass is 10.4. The van der Waals surface area contributed by atoms with Gasteiger partial charge in [-0.3, -0.25) is 0 Å². The predicted octanol–water partition coefficient (Wildman–Crippen LogP) is 3.21. The molecule has 0 fully saturated rings. The van der Waals surface area contributed by atoms with E-state index in [9.17, 15) is 26.3 Å². The summed E-state index contributed by atoms with van der Waals surface area (Å²) in [6, 6.07) is -2.15. The van der Waals surface area contributed by atoms with Crippen molar-refractivity contribution in [3.63, 3.8) is 0 Å². The first-order valence-electron chi connectivity index (χ1n) is 2.77. The van der Waals surface area contributed by atoms with Gasteiger partial charge in [0.05, 0.1) is 0 Å². The van der Waals surface area contributed by atoms with Gasteiger partial charge in [-0.1, -0.05) is 0 Å². The Hall–Kier alpha value is -0.590. The van der Waals surface area contributed by atoms with Crippen LogP contribution in [0.25, 0.3) is 0 Å². The largest absolute Gasteiger partial charge is 0.461 e. The topological polar surface area (TPSA) is 9.23 Å². The molecule has 0 aromatic heterocycles. The van der Waals surface area contributed by atoms with E-state index in [-0.39, 0.29) is 0 Å². The van der Waals surface area contributed by atoms with Crippen LogP contribution in [0, 0.1) is 0 Å². The van der Waals surface area contributed by atoms with Crippen molar-refractivity contribution in [2.45, 2.75) is 12.3 Å². The molecule has 0 aromatic carbocycles. The summed E-state index contributed by atoms with van der Waals surface area (Å²) < 4.78 is 73.4. The van der Waals surface area contributed by atoms with E-state index in [0.29, 0.717) is 0 Å². The highest BCUT2D eigenvalue weighted by molar-refractivity contribution is 6.28. The zero-order chi connectivity index (χ0) is 10.6. The fraction of sp³-hybridized carbons (Fsp3) is 0.600. The fourth-order valence-electron chi connectivity index (χ4n) is 0.277. The molecule has 0 radical (unpaired) electrons. The second-order valence-corrected chi connectivity index (χ2v) is 2.22. The van der Waals surface area contributed by atoms with Crippen LogP contribution in [0.3, 0.4) is 0 Å². The first kappa shape index (κ1) is 12.4. The summed E-state index contributed by atoms with van der Waals surface area (Å²) in [4.78, 5) is 0. The summed E-state index contributed by atoms with van der Waals surface area (Å²) in [6.07, 6.45) is -4.02. The number of hydrogen-bond donors (Lipinski definition) is 0. The van der Waals surface area contributed by atoms with Crippen LogP contribution in [0.1, 0.15) is 0 Å². The SMILES string of the molecule is FC(Cl)=C(F)OCC(F)(F)C(F)F. The van der Waals surface area contributed by atoms with Gasteiger partial charge in [-0.2, -0.15) is 17.6 Å². The van der Waals surface area contributed by atoms with Crippen molar-refractivity contribution < 1.29 is 31.1 Å². The molecule has 78 valence electrons.